The second-order valence-electron chi connectivity index (χ2n) is 13.9. The molecule has 0 radical (unpaired) electrons. The van der Waals surface area contributed by atoms with Gasteiger partial charge in [-0.15, -0.1) is 0 Å². The number of imidazole rings is 1. The minimum Gasteiger partial charge on any atom is -0.387 e. The predicted molar refractivity (Wildman–Crippen MR) is 200 cm³/mol. The van der Waals surface area contributed by atoms with Crippen LogP contribution in [-0.4, -0.2) is 153 Å². The van der Waals surface area contributed by atoms with Gasteiger partial charge in [-0.1, -0.05) is 0 Å². The first kappa shape index (κ1) is 47.5. The average molecular weight is 976 g/mol. The van der Waals surface area contributed by atoms with Crippen LogP contribution in [0.2, 0.25) is 0 Å². The van der Waals surface area contributed by atoms with Gasteiger partial charge in [0, 0.05) is 24.5 Å². The third kappa shape index (κ3) is 10.2. The second kappa shape index (κ2) is 18.1. The maximum Gasteiger partial charge on any atom is 0.472 e. The monoisotopic (exact) mass is 975 g/mol. The van der Waals surface area contributed by atoms with Crippen LogP contribution in [0.25, 0.3) is 11.2 Å². The molecule has 3 aliphatic rings. The molecule has 33 nitrogen and oxygen atoms in total. The molecule has 4 aromatic rings. The van der Waals surface area contributed by atoms with E-state index in [1.807, 2.05) is 9.97 Å². The quantitative estimate of drug-likeness (QED) is 0.0465. The highest BCUT2D eigenvalue weighted by molar-refractivity contribution is 7.47. The van der Waals surface area contributed by atoms with Crippen LogP contribution in [0.15, 0.2) is 54.8 Å². The zero-order chi connectivity index (χ0) is 46.6. The fraction of sp³-hybridized carbons (Fsp3) is 0.536. The third-order valence-electron chi connectivity index (χ3n) is 9.65. The van der Waals surface area contributed by atoms with Gasteiger partial charge in [-0.2, -0.15) is 4.98 Å². The van der Waals surface area contributed by atoms with Crippen molar-refractivity contribution in [3.8, 4) is 0 Å². The second-order valence-corrected chi connectivity index (χ2v) is 18.0. The number of rotatable bonds is 16. The van der Waals surface area contributed by atoms with Crippen molar-refractivity contribution in [3.05, 3.63) is 82.9 Å². The number of aromatic nitrogens is 8. The van der Waals surface area contributed by atoms with E-state index in [2.05, 4.69) is 19.5 Å². The smallest absolute Gasteiger partial charge is 0.387 e. The summed E-state index contributed by atoms with van der Waals surface area (Å²) in [6.07, 6.45) is -20.1. The summed E-state index contributed by atoms with van der Waals surface area (Å²) in [5, 5.41) is 43.7. The van der Waals surface area contributed by atoms with Crippen molar-refractivity contribution in [2.24, 2.45) is 0 Å². The van der Waals surface area contributed by atoms with E-state index < -0.39 is 145 Å². The molecular weight excluding hydrogens is 939 g/mol. The molecule has 352 valence electrons. The van der Waals surface area contributed by atoms with Crippen LogP contribution >= 0.6 is 23.5 Å². The van der Waals surface area contributed by atoms with Crippen molar-refractivity contribution in [2.45, 2.75) is 73.6 Å². The Morgan fingerprint density at radius 1 is 0.641 bits per heavy atom. The van der Waals surface area contributed by atoms with Gasteiger partial charge in [0.05, 0.1) is 26.1 Å². The molecular formula is C28H36N9O24P3. The fourth-order valence-electron chi connectivity index (χ4n) is 6.78. The summed E-state index contributed by atoms with van der Waals surface area (Å²) in [6, 6.07) is 1.66. The average Bonchev–Trinajstić information content (AvgIpc) is 3.92. The molecule has 0 saturated carbocycles. The van der Waals surface area contributed by atoms with Crippen molar-refractivity contribution in [1.82, 2.24) is 38.6 Å². The number of fused-ring (bicyclic) bond motifs is 1. The minimum absolute atomic E-state index is 0.166. The van der Waals surface area contributed by atoms with Gasteiger partial charge >= 0.3 is 34.8 Å². The van der Waals surface area contributed by atoms with Crippen molar-refractivity contribution in [2.75, 3.05) is 25.6 Å². The minimum atomic E-state index is -5.60. The van der Waals surface area contributed by atoms with Crippen molar-refractivity contribution in [1.29, 1.82) is 0 Å². The number of phosphoric acid groups is 3. The first-order chi connectivity index (χ1) is 29.9. The number of nitrogens with zero attached hydrogens (tertiary/aromatic N) is 5. The molecule has 0 aliphatic carbocycles. The standard InChI is InChI=1S/C28H36N9O24P3/c29-26-33-21-14(22(44)34-26)30-8-37(21)23-16(41)15(40)9(57-23)5-55-63(50,51)61-20-11(59-25(18(20)43)36-4-2-13(39)32-28(36)46)7-56-64(52,53)60-19-10(6-54-62(47,48)49)58-24(17(19)42)35-3-1-12(38)31-27(35)45/h1-4,8-11,15-20,23-25,40-43H,5-7H2,(H,50,51)(H,52,53)(H,31,38,45)(H,32,39,46)(H2,47,48,49)(H3,29,33,34,44)/t9-,10-,11-,15-,16-,17-,18-,19-,20-,23-,24-,25-/m1/s1. The molecule has 13 N–H and O–H groups in total. The number of aromatic amines is 3. The Balaban J connectivity index is 1.07. The Bertz CT molecular complexity index is 2820. The maximum absolute atomic E-state index is 13.4. The van der Waals surface area contributed by atoms with E-state index in [0.29, 0.717) is 9.13 Å². The molecule has 7 rings (SSSR count). The summed E-state index contributed by atoms with van der Waals surface area (Å²) in [6.45, 7) is -3.41. The molecule has 0 spiro atoms. The van der Waals surface area contributed by atoms with Crippen LogP contribution in [0.3, 0.4) is 0 Å². The Morgan fingerprint density at radius 2 is 1.09 bits per heavy atom. The fourth-order valence-corrected chi connectivity index (χ4v) is 9.05. The highest BCUT2D eigenvalue weighted by Gasteiger charge is 2.53. The zero-order valence-corrected chi connectivity index (χ0v) is 34.4. The number of H-pyrrole nitrogens is 3. The predicted octanol–water partition coefficient (Wildman–Crippen LogP) is -5.95. The van der Waals surface area contributed by atoms with Crippen LogP contribution in [0.1, 0.15) is 18.7 Å². The Morgan fingerprint density at radius 3 is 1.58 bits per heavy atom. The summed E-state index contributed by atoms with van der Waals surface area (Å²) < 4.78 is 81.8. The lowest BCUT2D eigenvalue weighted by Gasteiger charge is -2.26. The van der Waals surface area contributed by atoms with Crippen molar-refractivity contribution < 1.29 is 90.5 Å². The molecule has 0 bridgehead atoms. The molecule has 7 heterocycles. The largest absolute Gasteiger partial charge is 0.472 e. The van der Waals surface area contributed by atoms with Gasteiger partial charge in [-0.05, 0) is 0 Å². The molecule has 3 fully saturated rings. The molecule has 3 aliphatic heterocycles. The maximum atomic E-state index is 13.4. The zero-order valence-electron chi connectivity index (χ0n) is 31.7. The number of ether oxygens (including phenoxy) is 3. The SMILES string of the molecule is Nc1nc2c(ncn2[C@@H]2O[C@H](COP(=O)(O)O[C@H]3[C@@H](O)[C@H](n4ccc(=O)[nH]c4=O)O[C@@H]3COP(=O)(O)O[C@H]3[C@@H](O)[C@H](n4ccc(=O)[nH]c4=O)O[C@@H]3COP(=O)(O)O)[C@@H](O)[C@H]2O)c(=O)[nH]1. The van der Waals surface area contributed by atoms with E-state index in [1.54, 1.807) is 0 Å². The molecule has 0 amide bonds. The van der Waals surface area contributed by atoms with Crippen LogP contribution in [0.5, 0.6) is 0 Å². The third-order valence-corrected chi connectivity index (χ3v) is 12.1. The first-order valence-corrected chi connectivity index (χ1v) is 22.5. The summed E-state index contributed by atoms with van der Waals surface area (Å²) in [7, 11) is -16.4. The normalized spacial score (nSPS) is 31.6. The lowest BCUT2D eigenvalue weighted by atomic mass is 10.1. The molecule has 2 unspecified atom stereocenters. The molecule has 0 aromatic carbocycles. The topological polar surface area (TPSA) is 486 Å². The van der Waals surface area contributed by atoms with Gasteiger partial charge in [0.25, 0.3) is 16.7 Å². The van der Waals surface area contributed by atoms with Crippen LogP contribution in [-0.2, 0) is 50.5 Å². The highest BCUT2D eigenvalue weighted by Crippen LogP contribution is 2.52. The van der Waals surface area contributed by atoms with Gasteiger partial charge in [0.15, 0.2) is 29.8 Å². The van der Waals surface area contributed by atoms with E-state index in [0.717, 1.165) is 35.4 Å². The summed E-state index contributed by atoms with van der Waals surface area (Å²) in [5.41, 5.74) is 0.394. The number of nitrogen functional groups attached to an aromatic ring is 1. The molecule has 4 aromatic heterocycles. The number of nitrogens with two attached hydrogens (primary N) is 1. The van der Waals surface area contributed by atoms with Gasteiger partial charge in [-0.25, -0.2) is 28.3 Å². The van der Waals surface area contributed by atoms with E-state index in [9.17, 15) is 77.7 Å². The van der Waals surface area contributed by atoms with Gasteiger partial charge in [0.2, 0.25) is 5.95 Å². The lowest BCUT2D eigenvalue weighted by molar-refractivity contribution is -0.0633. The van der Waals surface area contributed by atoms with Crippen molar-refractivity contribution in [3.63, 3.8) is 0 Å². The molecule has 14 atom stereocenters. The van der Waals surface area contributed by atoms with Crippen LogP contribution in [0, 0.1) is 0 Å². The number of phosphoric ester groups is 3. The first-order valence-electron chi connectivity index (χ1n) is 18.0. The van der Waals surface area contributed by atoms with Crippen molar-refractivity contribution >= 4 is 40.6 Å². The number of aliphatic hydroxyl groups excluding tert-OH is 4. The Kier molecular flexibility index (Phi) is 13.4. The summed E-state index contributed by atoms with van der Waals surface area (Å²) in [4.78, 5) is 114. The summed E-state index contributed by atoms with van der Waals surface area (Å²) >= 11 is 0. The molecule has 64 heavy (non-hydrogen) atoms. The number of hydrogen-bond donors (Lipinski definition) is 12. The van der Waals surface area contributed by atoms with E-state index >= 15 is 0 Å². The highest BCUT2D eigenvalue weighted by atomic mass is 31.2. The molecule has 3 saturated heterocycles. The number of hydrogen-bond acceptors (Lipinski definition) is 23. The van der Waals surface area contributed by atoms with E-state index in [4.69, 9.17) is 38.0 Å². The summed E-state index contributed by atoms with van der Waals surface area (Å²) in [5.74, 6) is -0.326. The van der Waals surface area contributed by atoms with Gasteiger partial charge in [0.1, 0.15) is 54.9 Å². The number of anilines is 1. The number of nitrogens with one attached hydrogen (secondary N) is 3. The number of aliphatic hydroxyl groups is 4. The van der Waals surface area contributed by atoms with E-state index in [-0.39, 0.29) is 17.1 Å². The van der Waals surface area contributed by atoms with Gasteiger partial charge in [-0.3, -0.25) is 65.7 Å². The van der Waals surface area contributed by atoms with Crippen LogP contribution < -0.4 is 33.8 Å². The van der Waals surface area contributed by atoms with Gasteiger partial charge < -0.3 is 59.9 Å². The Hall–Kier alpha value is -4.44. The van der Waals surface area contributed by atoms with E-state index in [1.165, 1.54) is 0 Å². The molecule has 36 heteroatoms. The lowest BCUT2D eigenvalue weighted by Crippen LogP contribution is -2.39. The Labute approximate surface area is 351 Å². The van der Waals surface area contributed by atoms with Crippen LogP contribution in [0.4, 0.5) is 5.95 Å².